The lowest BCUT2D eigenvalue weighted by Gasteiger charge is -2.09. The number of ether oxygens (including phenoxy) is 1. The van der Waals surface area contributed by atoms with E-state index < -0.39 is 9.84 Å². The molecule has 0 unspecified atom stereocenters. The van der Waals surface area contributed by atoms with E-state index in [0.717, 1.165) is 5.56 Å². The molecule has 0 aromatic heterocycles. The van der Waals surface area contributed by atoms with E-state index in [2.05, 4.69) is 0 Å². The van der Waals surface area contributed by atoms with Crippen LogP contribution < -0.4 is 4.74 Å². The van der Waals surface area contributed by atoms with Crippen LogP contribution >= 0.6 is 0 Å². The van der Waals surface area contributed by atoms with Gasteiger partial charge in [-0.3, -0.25) is 0 Å². The Morgan fingerprint density at radius 1 is 1.44 bits per heavy atom. The van der Waals surface area contributed by atoms with Gasteiger partial charge in [0, 0.05) is 6.42 Å². The van der Waals surface area contributed by atoms with Gasteiger partial charge in [0.25, 0.3) is 0 Å². The zero-order valence-electron chi connectivity index (χ0n) is 9.23. The number of methoxy groups -OCH3 is 1. The molecule has 0 fully saturated rings. The second-order valence-electron chi connectivity index (χ2n) is 3.38. The summed E-state index contributed by atoms with van der Waals surface area (Å²) in [7, 11) is -2.01. The number of benzene rings is 1. The Labute approximate surface area is 95.4 Å². The predicted octanol–water partition coefficient (Wildman–Crippen LogP) is 1.69. The minimum Gasteiger partial charge on any atom is -0.495 e. The summed E-state index contributed by atoms with van der Waals surface area (Å²) in [5.41, 5.74) is 0.844. The Balaban J connectivity index is 3.21. The van der Waals surface area contributed by atoms with Crippen molar-refractivity contribution in [3.8, 4) is 11.8 Å². The van der Waals surface area contributed by atoms with E-state index in [1.807, 2.05) is 13.0 Å². The van der Waals surface area contributed by atoms with E-state index in [4.69, 9.17) is 10.00 Å². The van der Waals surface area contributed by atoms with Crippen LogP contribution in [-0.2, 0) is 9.84 Å². The Kier molecular flexibility index (Phi) is 3.91. The summed E-state index contributed by atoms with van der Waals surface area (Å²) >= 11 is 0. The third-order valence-corrected chi connectivity index (χ3v) is 3.87. The van der Waals surface area contributed by atoms with E-state index in [9.17, 15) is 8.42 Å². The minimum absolute atomic E-state index is 0.0145. The quantitative estimate of drug-likeness (QED) is 0.801. The van der Waals surface area contributed by atoms with Crippen LogP contribution in [0.1, 0.15) is 12.0 Å². The third kappa shape index (κ3) is 2.74. The van der Waals surface area contributed by atoms with Crippen LogP contribution in [0.4, 0.5) is 0 Å². The van der Waals surface area contributed by atoms with E-state index in [0.29, 0.717) is 5.75 Å². The number of aryl methyl sites for hydroxylation is 1. The molecule has 0 aliphatic rings. The zero-order valence-corrected chi connectivity index (χ0v) is 10.0. The largest absolute Gasteiger partial charge is 0.495 e. The maximum atomic E-state index is 11.9. The fourth-order valence-electron chi connectivity index (χ4n) is 1.32. The molecule has 1 rings (SSSR count). The first-order chi connectivity index (χ1) is 7.51. The van der Waals surface area contributed by atoms with Crippen molar-refractivity contribution in [1.29, 1.82) is 5.26 Å². The van der Waals surface area contributed by atoms with Crippen molar-refractivity contribution in [3.63, 3.8) is 0 Å². The second-order valence-corrected chi connectivity index (χ2v) is 5.46. The molecule has 4 nitrogen and oxygen atoms in total. The van der Waals surface area contributed by atoms with Crippen LogP contribution in [0.2, 0.25) is 0 Å². The number of sulfone groups is 1. The summed E-state index contributed by atoms with van der Waals surface area (Å²) in [6.45, 7) is 1.81. The Morgan fingerprint density at radius 2 is 2.12 bits per heavy atom. The van der Waals surface area contributed by atoms with Crippen molar-refractivity contribution in [1.82, 2.24) is 0 Å². The highest BCUT2D eigenvalue weighted by Gasteiger charge is 2.19. The second kappa shape index (κ2) is 4.99. The highest BCUT2D eigenvalue weighted by atomic mass is 32.2. The number of rotatable bonds is 4. The summed E-state index contributed by atoms with van der Waals surface area (Å²) in [5, 5.41) is 8.41. The van der Waals surface area contributed by atoms with Gasteiger partial charge in [0.05, 0.1) is 18.9 Å². The van der Waals surface area contributed by atoms with Gasteiger partial charge in [0.2, 0.25) is 0 Å². The van der Waals surface area contributed by atoms with Gasteiger partial charge in [0.15, 0.2) is 9.84 Å². The number of hydrogen-bond donors (Lipinski definition) is 0. The van der Waals surface area contributed by atoms with Gasteiger partial charge in [-0.2, -0.15) is 5.26 Å². The van der Waals surface area contributed by atoms with Crippen molar-refractivity contribution >= 4 is 9.84 Å². The van der Waals surface area contributed by atoms with Crippen molar-refractivity contribution in [2.45, 2.75) is 18.2 Å². The number of hydrogen-bond acceptors (Lipinski definition) is 4. The first-order valence-electron chi connectivity index (χ1n) is 4.75. The Bertz CT molecular complexity index is 515. The SMILES string of the molecule is COc1ccc(C)cc1S(=O)(=O)CCC#N. The van der Waals surface area contributed by atoms with Crippen LogP contribution in [0.25, 0.3) is 0 Å². The van der Waals surface area contributed by atoms with Gasteiger partial charge < -0.3 is 4.74 Å². The standard InChI is InChI=1S/C11H13NO3S/c1-9-4-5-10(15-2)11(8-9)16(13,14)7-3-6-12/h4-5,8H,3,7H2,1-2H3. The Morgan fingerprint density at radius 3 is 2.69 bits per heavy atom. The fourth-order valence-corrected chi connectivity index (χ4v) is 2.72. The molecule has 0 N–H and O–H groups in total. The predicted molar refractivity (Wildman–Crippen MR) is 60.0 cm³/mol. The first kappa shape index (κ1) is 12.5. The molecule has 0 radical (unpaired) electrons. The summed E-state index contributed by atoms with van der Waals surface area (Å²) in [4.78, 5) is 0.158. The van der Waals surface area contributed by atoms with Crippen LogP contribution in [0.3, 0.4) is 0 Å². The fraction of sp³-hybridized carbons (Fsp3) is 0.364. The van der Waals surface area contributed by atoms with Crippen molar-refractivity contribution < 1.29 is 13.2 Å². The molecule has 0 amide bonds. The minimum atomic E-state index is -3.44. The molecule has 86 valence electrons. The molecule has 1 aromatic carbocycles. The third-order valence-electron chi connectivity index (χ3n) is 2.14. The van der Waals surface area contributed by atoms with Crippen LogP contribution in [0, 0.1) is 18.3 Å². The van der Waals surface area contributed by atoms with Gasteiger partial charge in [-0.05, 0) is 24.6 Å². The summed E-state index contributed by atoms with van der Waals surface area (Å²) in [6.07, 6.45) is -0.0145. The lowest BCUT2D eigenvalue weighted by atomic mass is 10.2. The summed E-state index contributed by atoms with van der Waals surface area (Å²) in [6, 6.07) is 6.79. The highest BCUT2D eigenvalue weighted by Crippen LogP contribution is 2.25. The van der Waals surface area contributed by atoms with E-state index in [1.165, 1.54) is 7.11 Å². The topological polar surface area (TPSA) is 67.2 Å². The van der Waals surface area contributed by atoms with Crippen LogP contribution in [0.5, 0.6) is 5.75 Å². The normalized spacial score (nSPS) is 10.8. The van der Waals surface area contributed by atoms with E-state index in [-0.39, 0.29) is 17.1 Å². The zero-order chi connectivity index (χ0) is 12.2. The van der Waals surface area contributed by atoms with Crippen molar-refractivity contribution in [2.75, 3.05) is 12.9 Å². The van der Waals surface area contributed by atoms with Gasteiger partial charge in [-0.1, -0.05) is 6.07 Å². The van der Waals surface area contributed by atoms with E-state index in [1.54, 1.807) is 18.2 Å². The maximum Gasteiger partial charge on any atom is 0.183 e. The smallest absolute Gasteiger partial charge is 0.183 e. The average molecular weight is 239 g/mol. The van der Waals surface area contributed by atoms with Gasteiger partial charge in [0.1, 0.15) is 10.6 Å². The molecular formula is C11H13NO3S. The molecular weight excluding hydrogens is 226 g/mol. The van der Waals surface area contributed by atoms with Gasteiger partial charge in [-0.15, -0.1) is 0 Å². The molecule has 0 saturated heterocycles. The van der Waals surface area contributed by atoms with Crippen molar-refractivity contribution in [2.24, 2.45) is 0 Å². The molecule has 0 aliphatic heterocycles. The molecule has 0 heterocycles. The molecule has 0 aliphatic carbocycles. The van der Waals surface area contributed by atoms with Gasteiger partial charge in [-0.25, -0.2) is 8.42 Å². The molecule has 0 bridgehead atoms. The van der Waals surface area contributed by atoms with Gasteiger partial charge >= 0.3 is 0 Å². The first-order valence-corrected chi connectivity index (χ1v) is 6.41. The molecule has 16 heavy (non-hydrogen) atoms. The summed E-state index contributed by atoms with van der Waals surface area (Å²) in [5.74, 6) is 0.145. The highest BCUT2D eigenvalue weighted by molar-refractivity contribution is 7.91. The lowest BCUT2D eigenvalue weighted by molar-refractivity contribution is 0.402. The number of nitriles is 1. The molecule has 1 aromatic rings. The molecule has 0 spiro atoms. The molecule has 0 saturated carbocycles. The molecule has 0 atom stereocenters. The number of nitrogens with zero attached hydrogens (tertiary/aromatic N) is 1. The maximum absolute atomic E-state index is 11.9. The summed E-state index contributed by atoms with van der Waals surface area (Å²) < 4.78 is 28.8. The lowest BCUT2D eigenvalue weighted by Crippen LogP contribution is -2.08. The van der Waals surface area contributed by atoms with E-state index >= 15 is 0 Å². The monoisotopic (exact) mass is 239 g/mol. The van der Waals surface area contributed by atoms with Crippen molar-refractivity contribution in [3.05, 3.63) is 23.8 Å². The average Bonchev–Trinajstić information content (AvgIpc) is 2.26. The van der Waals surface area contributed by atoms with Crippen LogP contribution in [-0.4, -0.2) is 21.3 Å². The molecule has 5 heteroatoms. The van der Waals surface area contributed by atoms with Crippen LogP contribution in [0.15, 0.2) is 23.1 Å². The Hall–Kier alpha value is -1.54.